The Bertz CT molecular complexity index is 289. The lowest BCUT2D eigenvalue weighted by atomic mass is 9.94. The monoisotopic (exact) mass is 283 g/mol. The van der Waals surface area contributed by atoms with Gasteiger partial charge in [-0.25, -0.2) is 0 Å². The summed E-state index contributed by atoms with van der Waals surface area (Å²) in [6.07, 6.45) is 2.79. The van der Waals surface area contributed by atoms with Crippen LogP contribution in [0.1, 0.15) is 47.0 Å². The molecule has 0 aliphatic carbocycles. The molecule has 1 fully saturated rings. The van der Waals surface area contributed by atoms with Crippen LogP contribution >= 0.6 is 0 Å². The Morgan fingerprint density at radius 2 is 2.00 bits per heavy atom. The summed E-state index contributed by atoms with van der Waals surface area (Å²) in [5, 5.41) is 0. The molecule has 1 aliphatic rings. The molecular formula is C16H33N3O. The molecule has 1 saturated heterocycles. The second-order valence-electron chi connectivity index (χ2n) is 6.44. The number of amides is 1. The fourth-order valence-electron chi connectivity index (χ4n) is 3.31. The van der Waals surface area contributed by atoms with Crippen molar-refractivity contribution in [3.63, 3.8) is 0 Å². The van der Waals surface area contributed by atoms with Crippen LogP contribution < -0.4 is 5.73 Å². The van der Waals surface area contributed by atoms with Crippen molar-refractivity contribution >= 4 is 5.91 Å². The molecule has 1 heterocycles. The molecule has 118 valence electrons. The lowest BCUT2D eigenvalue weighted by molar-refractivity contribution is -0.131. The van der Waals surface area contributed by atoms with Crippen LogP contribution in [0.5, 0.6) is 0 Å². The second-order valence-corrected chi connectivity index (χ2v) is 6.44. The van der Waals surface area contributed by atoms with Crippen molar-refractivity contribution in [3.8, 4) is 0 Å². The highest BCUT2D eigenvalue weighted by Gasteiger charge is 2.29. The molecule has 0 spiro atoms. The third-order valence-electron chi connectivity index (χ3n) is 4.45. The topological polar surface area (TPSA) is 49.6 Å². The molecule has 20 heavy (non-hydrogen) atoms. The van der Waals surface area contributed by atoms with E-state index in [9.17, 15) is 4.79 Å². The maximum atomic E-state index is 12.4. The van der Waals surface area contributed by atoms with Gasteiger partial charge in [0.15, 0.2) is 0 Å². The molecule has 0 saturated carbocycles. The number of likely N-dealkylation sites (tertiary alicyclic amines) is 1. The van der Waals surface area contributed by atoms with Crippen molar-refractivity contribution < 1.29 is 4.79 Å². The normalized spacial score (nSPS) is 20.9. The highest BCUT2D eigenvalue weighted by Crippen LogP contribution is 2.20. The Morgan fingerprint density at radius 1 is 1.35 bits per heavy atom. The summed E-state index contributed by atoms with van der Waals surface area (Å²) in [5.41, 5.74) is 5.81. The van der Waals surface area contributed by atoms with E-state index in [0.29, 0.717) is 36.8 Å². The minimum atomic E-state index is 0.302. The second kappa shape index (κ2) is 8.63. The SMILES string of the molecule is CCN(CC)C1CCN(C(=O)C[C@@H](CN)CC(C)C)C1. The number of hydrogen-bond acceptors (Lipinski definition) is 3. The molecule has 0 aromatic carbocycles. The number of hydrogen-bond donors (Lipinski definition) is 1. The maximum Gasteiger partial charge on any atom is 0.222 e. The Balaban J connectivity index is 2.45. The lowest BCUT2D eigenvalue weighted by Gasteiger charge is -2.26. The van der Waals surface area contributed by atoms with Gasteiger partial charge in [-0.05, 0) is 44.3 Å². The zero-order valence-corrected chi connectivity index (χ0v) is 13.8. The summed E-state index contributed by atoms with van der Waals surface area (Å²) in [4.78, 5) is 16.9. The van der Waals surface area contributed by atoms with Gasteiger partial charge < -0.3 is 10.6 Å². The van der Waals surface area contributed by atoms with Crippen LogP contribution in [0.3, 0.4) is 0 Å². The molecule has 1 amide bonds. The fraction of sp³-hybridized carbons (Fsp3) is 0.938. The standard InChI is InChI=1S/C16H33N3O/c1-5-18(6-2)15-7-8-19(12-15)16(20)10-14(11-17)9-13(3)4/h13-15H,5-12,17H2,1-4H3/t14-,15?/m0/s1. The molecule has 4 heteroatoms. The van der Waals surface area contributed by atoms with Crippen LogP contribution in [0.25, 0.3) is 0 Å². The van der Waals surface area contributed by atoms with Gasteiger partial charge in [0.05, 0.1) is 0 Å². The van der Waals surface area contributed by atoms with Gasteiger partial charge >= 0.3 is 0 Å². The van der Waals surface area contributed by atoms with Gasteiger partial charge in [0.1, 0.15) is 0 Å². The Morgan fingerprint density at radius 3 is 2.50 bits per heavy atom. The minimum Gasteiger partial charge on any atom is -0.341 e. The van der Waals surface area contributed by atoms with Crippen molar-refractivity contribution in [2.24, 2.45) is 17.6 Å². The third kappa shape index (κ3) is 5.06. The van der Waals surface area contributed by atoms with Crippen molar-refractivity contribution in [2.45, 2.75) is 53.0 Å². The number of rotatable bonds is 8. The van der Waals surface area contributed by atoms with Gasteiger partial charge in [0.25, 0.3) is 0 Å². The van der Waals surface area contributed by atoms with Gasteiger partial charge in [-0.3, -0.25) is 9.69 Å². The number of likely N-dealkylation sites (N-methyl/N-ethyl adjacent to an activating group) is 1. The average Bonchev–Trinajstić information content (AvgIpc) is 2.88. The van der Waals surface area contributed by atoms with E-state index in [1.165, 1.54) is 0 Å². The van der Waals surface area contributed by atoms with Gasteiger partial charge in [-0.1, -0.05) is 27.7 Å². The van der Waals surface area contributed by atoms with Crippen molar-refractivity contribution in [3.05, 3.63) is 0 Å². The Kier molecular flexibility index (Phi) is 7.52. The van der Waals surface area contributed by atoms with E-state index < -0.39 is 0 Å². The van der Waals surface area contributed by atoms with Crippen LogP contribution in [0.15, 0.2) is 0 Å². The number of carbonyl (C=O) groups excluding carboxylic acids is 1. The molecular weight excluding hydrogens is 250 g/mol. The van der Waals surface area contributed by atoms with E-state index >= 15 is 0 Å². The van der Waals surface area contributed by atoms with Crippen LogP contribution in [0.2, 0.25) is 0 Å². The van der Waals surface area contributed by atoms with Crippen LogP contribution in [-0.2, 0) is 4.79 Å². The van der Waals surface area contributed by atoms with Crippen molar-refractivity contribution in [2.75, 3.05) is 32.7 Å². The van der Waals surface area contributed by atoms with E-state index in [4.69, 9.17) is 5.73 Å². The smallest absolute Gasteiger partial charge is 0.222 e. The third-order valence-corrected chi connectivity index (χ3v) is 4.45. The summed E-state index contributed by atoms with van der Waals surface area (Å²) < 4.78 is 0. The first-order valence-corrected chi connectivity index (χ1v) is 8.23. The van der Waals surface area contributed by atoms with Gasteiger partial charge in [-0.2, -0.15) is 0 Å². The summed E-state index contributed by atoms with van der Waals surface area (Å²) >= 11 is 0. The maximum absolute atomic E-state index is 12.4. The average molecular weight is 283 g/mol. The fourth-order valence-corrected chi connectivity index (χ4v) is 3.31. The number of nitrogens with two attached hydrogens (primary N) is 1. The summed E-state index contributed by atoms with van der Waals surface area (Å²) in [5.74, 6) is 1.25. The molecule has 0 radical (unpaired) electrons. The van der Waals surface area contributed by atoms with E-state index in [0.717, 1.165) is 39.0 Å². The lowest BCUT2D eigenvalue weighted by Crippen LogP contribution is -2.39. The van der Waals surface area contributed by atoms with Crippen LogP contribution in [0.4, 0.5) is 0 Å². The van der Waals surface area contributed by atoms with Gasteiger partial charge in [-0.15, -0.1) is 0 Å². The van der Waals surface area contributed by atoms with Crippen molar-refractivity contribution in [1.82, 2.24) is 9.80 Å². The molecule has 1 rings (SSSR count). The highest BCUT2D eigenvalue weighted by atomic mass is 16.2. The Hall–Kier alpha value is -0.610. The first-order chi connectivity index (χ1) is 9.51. The molecule has 4 nitrogen and oxygen atoms in total. The van der Waals surface area contributed by atoms with Crippen LogP contribution in [0, 0.1) is 11.8 Å². The quantitative estimate of drug-likeness (QED) is 0.740. The molecule has 2 N–H and O–H groups in total. The van der Waals surface area contributed by atoms with E-state index in [1.54, 1.807) is 0 Å². The molecule has 0 aromatic rings. The summed E-state index contributed by atoms with van der Waals surface area (Å²) in [6, 6.07) is 0.551. The number of carbonyl (C=O) groups is 1. The van der Waals surface area contributed by atoms with Crippen molar-refractivity contribution in [1.29, 1.82) is 0 Å². The highest BCUT2D eigenvalue weighted by molar-refractivity contribution is 5.76. The Labute approximate surface area is 124 Å². The van der Waals surface area contributed by atoms with Gasteiger partial charge in [0.2, 0.25) is 5.91 Å². The number of nitrogens with zero attached hydrogens (tertiary/aromatic N) is 2. The van der Waals surface area contributed by atoms with E-state index in [-0.39, 0.29) is 0 Å². The molecule has 2 atom stereocenters. The summed E-state index contributed by atoms with van der Waals surface area (Å²) in [7, 11) is 0. The predicted molar refractivity (Wildman–Crippen MR) is 84.5 cm³/mol. The first kappa shape index (κ1) is 17.4. The van der Waals surface area contributed by atoms with E-state index in [1.807, 2.05) is 4.90 Å². The molecule has 1 unspecified atom stereocenters. The van der Waals surface area contributed by atoms with Crippen LogP contribution in [-0.4, -0.2) is 54.5 Å². The predicted octanol–water partition coefficient (Wildman–Crippen LogP) is 1.94. The zero-order chi connectivity index (χ0) is 15.1. The van der Waals surface area contributed by atoms with Gasteiger partial charge in [0, 0.05) is 25.6 Å². The molecule has 1 aliphatic heterocycles. The first-order valence-electron chi connectivity index (χ1n) is 8.23. The zero-order valence-electron chi connectivity index (χ0n) is 13.8. The molecule has 0 bridgehead atoms. The largest absolute Gasteiger partial charge is 0.341 e. The van der Waals surface area contributed by atoms with E-state index in [2.05, 4.69) is 32.6 Å². The summed E-state index contributed by atoms with van der Waals surface area (Å²) in [6.45, 7) is 13.4. The minimum absolute atomic E-state index is 0.302. The molecule has 0 aromatic heterocycles.